The van der Waals surface area contributed by atoms with Crippen LogP contribution in [0.15, 0.2) is 24.3 Å². The first-order valence-corrected chi connectivity index (χ1v) is 6.35. The SMILES string of the molecule is Cc1nc(NCc2ccc(C#N)cc2)sc1C(=O)O. The number of nitriles is 1. The van der Waals surface area contributed by atoms with Gasteiger partial charge in [-0.15, -0.1) is 0 Å². The molecule has 1 heterocycles. The van der Waals surface area contributed by atoms with Crippen molar-refractivity contribution in [2.75, 3.05) is 5.32 Å². The molecule has 0 fully saturated rings. The zero-order chi connectivity index (χ0) is 13.8. The number of aromatic nitrogens is 1. The van der Waals surface area contributed by atoms with E-state index in [1.807, 2.05) is 12.1 Å². The first-order valence-electron chi connectivity index (χ1n) is 5.54. The van der Waals surface area contributed by atoms with E-state index >= 15 is 0 Å². The number of carboxylic acids is 1. The van der Waals surface area contributed by atoms with E-state index in [9.17, 15) is 4.79 Å². The Kier molecular flexibility index (Phi) is 3.78. The molecule has 0 saturated carbocycles. The molecule has 0 radical (unpaired) electrons. The van der Waals surface area contributed by atoms with Gasteiger partial charge in [0.25, 0.3) is 0 Å². The molecule has 0 bridgehead atoms. The molecule has 1 aromatic carbocycles. The fourth-order valence-electron chi connectivity index (χ4n) is 1.55. The number of hydrogen-bond donors (Lipinski definition) is 2. The topological polar surface area (TPSA) is 86.0 Å². The summed E-state index contributed by atoms with van der Waals surface area (Å²) in [5.41, 5.74) is 2.13. The molecule has 2 aromatic rings. The average molecular weight is 273 g/mol. The Labute approximate surface area is 114 Å². The summed E-state index contributed by atoms with van der Waals surface area (Å²) in [4.78, 5) is 15.3. The van der Waals surface area contributed by atoms with Gasteiger partial charge >= 0.3 is 5.97 Å². The Morgan fingerprint density at radius 1 is 1.47 bits per heavy atom. The van der Waals surface area contributed by atoms with Crippen molar-refractivity contribution in [2.45, 2.75) is 13.5 Å². The molecule has 5 nitrogen and oxygen atoms in total. The van der Waals surface area contributed by atoms with Gasteiger partial charge in [0.15, 0.2) is 5.13 Å². The van der Waals surface area contributed by atoms with Crippen LogP contribution in [0.4, 0.5) is 5.13 Å². The van der Waals surface area contributed by atoms with E-state index in [1.165, 1.54) is 0 Å². The minimum absolute atomic E-state index is 0.252. The van der Waals surface area contributed by atoms with Crippen LogP contribution >= 0.6 is 11.3 Å². The maximum Gasteiger partial charge on any atom is 0.347 e. The zero-order valence-electron chi connectivity index (χ0n) is 10.2. The largest absolute Gasteiger partial charge is 0.477 e. The summed E-state index contributed by atoms with van der Waals surface area (Å²) in [5, 5.41) is 21.3. The van der Waals surface area contributed by atoms with Gasteiger partial charge in [-0.05, 0) is 24.6 Å². The van der Waals surface area contributed by atoms with Gasteiger partial charge in [-0.3, -0.25) is 0 Å². The number of aryl methyl sites for hydroxylation is 1. The molecule has 96 valence electrons. The van der Waals surface area contributed by atoms with Crippen molar-refractivity contribution in [2.24, 2.45) is 0 Å². The van der Waals surface area contributed by atoms with E-state index in [1.54, 1.807) is 19.1 Å². The van der Waals surface area contributed by atoms with Gasteiger partial charge in [0.1, 0.15) is 4.88 Å². The highest BCUT2D eigenvalue weighted by molar-refractivity contribution is 7.17. The van der Waals surface area contributed by atoms with E-state index < -0.39 is 5.97 Å². The molecular formula is C13H11N3O2S. The van der Waals surface area contributed by atoms with E-state index in [0.717, 1.165) is 16.9 Å². The summed E-state index contributed by atoms with van der Waals surface area (Å²) >= 11 is 1.12. The monoisotopic (exact) mass is 273 g/mol. The summed E-state index contributed by atoms with van der Waals surface area (Å²) in [6, 6.07) is 9.24. The molecule has 0 amide bonds. The number of thiazole rings is 1. The van der Waals surface area contributed by atoms with Crippen LogP contribution in [0.5, 0.6) is 0 Å². The predicted octanol–water partition coefficient (Wildman–Crippen LogP) is 2.63. The summed E-state index contributed by atoms with van der Waals surface area (Å²) < 4.78 is 0. The predicted molar refractivity (Wildman–Crippen MR) is 72.3 cm³/mol. The second-order valence-electron chi connectivity index (χ2n) is 3.90. The second-order valence-corrected chi connectivity index (χ2v) is 4.90. The summed E-state index contributed by atoms with van der Waals surface area (Å²) in [6.45, 7) is 2.21. The lowest BCUT2D eigenvalue weighted by Crippen LogP contribution is -1.98. The highest BCUT2D eigenvalue weighted by Crippen LogP contribution is 2.22. The van der Waals surface area contributed by atoms with E-state index in [2.05, 4.69) is 16.4 Å². The van der Waals surface area contributed by atoms with Crippen LogP contribution in [0.25, 0.3) is 0 Å². The number of rotatable bonds is 4. The number of benzene rings is 1. The van der Waals surface area contributed by atoms with Crippen LogP contribution in [0.1, 0.15) is 26.5 Å². The Morgan fingerprint density at radius 3 is 2.68 bits per heavy atom. The first-order chi connectivity index (χ1) is 9.10. The van der Waals surface area contributed by atoms with E-state index in [4.69, 9.17) is 10.4 Å². The molecule has 1 aromatic heterocycles. The molecule has 19 heavy (non-hydrogen) atoms. The summed E-state index contributed by atoms with van der Waals surface area (Å²) in [5.74, 6) is -0.957. The number of carboxylic acid groups (broad SMARTS) is 1. The van der Waals surface area contributed by atoms with Crippen molar-refractivity contribution < 1.29 is 9.90 Å². The number of aromatic carboxylic acids is 1. The van der Waals surface area contributed by atoms with Gasteiger partial charge in [0.05, 0.1) is 17.3 Å². The normalized spacial score (nSPS) is 9.89. The molecule has 0 aliphatic heterocycles. The number of anilines is 1. The van der Waals surface area contributed by atoms with Gasteiger partial charge < -0.3 is 10.4 Å². The van der Waals surface area contributed by atoms with Crippen LogP contribution in [0, 0.1) is 18.3 Å². The minimum atomic E-state index is -0.957. The van der Waals surface area contributed by atoms with Crippen LogP contribution in [-0.4, -0.2) is 16.1 Å². The molecule has 2 rings (SSSR count). The lowest BCUT2D eigenvalue weighted by Gasteiger charge is -2.02. The summed E-state index contributed by atoms with van der Waals surface area (Å²) in [7, 11) is 0. The molecule has 2 N–H and O–H groups in total. The van der Waals surface area contributed by atoms with Gasteiger partial charge in [-0.2, -0.15) is 5.26 Å². The van der Waals surface area contributed by atoms with Crippen LogP contribution in [0.2, 0.25) is 0 Å². The highest BCUT2D eigenvalue weighted by atomic mass is 32.1. The number of hydrogen-bond acceptors (Lipinski definition) is 5. The third-order valence-electron chi connectivity index (χ3n) is 2.52. The van der Waals surface area contributed by atoms with Crippen LogP contribution in [0.3, 0.4) is 0 Å². The number of nitrogens with zero attached hydrogens (tertiary/aromatic N) is 2. The molecule has 0 atom stereocenters. The van der Waals surface area contributed by atoms with Crippen LogP contribution in [-0.2, 0) is 6.54 Å². The fourth-order valence-corrected chi connectivity index (χ4v) is 2.35. The maximum atomic E-state index is 10.9. The Bertz CT molecular complexity index is 641. The van der Waals surface area contributed by atoms with Gasteiger partial charge in [-0.1, -0.05) is 23.5 Å². The molecule has 6 heteroatoms. The Morgan fingerprint density at radius 2 is 2.16 bits per heavy atom. The average Bonchev–Trinajstić information content (AvgIpc) is 2.78. The first kappa shape index (κ1) is 13.1. The van der Waals surface area contributed by atoms with Crippen molar-refractivity contribution in [1.29, 1.82) is 5.26 Å². The van der Waals surface area contributed by atoms with Crippen molar-refractivity contribution in [3.8, 4) is 6.07 Å². The lowest BCUT2D eigenvalue weighted by atomic mass is 10.1. The lowest BCUT2D eigenvalue weighted by molar-refractivity contribution is 0.0701. The van der Waals surface area contributed by atoms with Crippen molar-refractivity contribution in [3.05, 3.63) is 46.0 Å². The quantitative estimate of drug-likeness (QED) is 0.894. The zero-order valence-corrected chi connectivity index (χ0v) is 11.0. The fraction of sp³-hybridized carbons (Fsp3) is 0.154. The number of carbonyl (C=O) groups is 1. The smallest absolute Gasteiger partial charge is 0.347 e. The highest BCUT2D eigenvalue weighted by Gasteiger charge is 2.13. The third kappa shape index (κ3) is 3.09. The number of nitrogens with one attached hydrogen (secondary N) is 1. The van der Waals surface area contributed by atoms with Crippen molar-refractivity contribution >= 4 is 22.4 Å². The minimum Gasteiger partial charge on any atom is -0.477 e. The maximum absolute atomic E-state index is 10.9. The van der Waals surface area contributed by atoms with Crippen molar-refractivity contribution in [3.63, 3.8) is 0 Å². The second kappa shape index (κ2) is 5.50. The van der Waals surface area contributed by atoms with Gasteiger partial charge in [-0.25, -0.2) is 9.78 Å². The van der Waals surface area contributed by atoms with E-state index in [0.29, 0.717) is 22.9 Å². The van der Waals surface area contributed by atoms with Crippen molar-refractivity contribution in [1.82, 2.24) is 4.98 Å². The molecule has 0 spiro atoms. The molecule has 0 aliphatic carbocycles. The molecule has 0 saturated heterocycles. The Balaban J connectivity index is 2.04. The summed E-state index contributed by atoms with van der Waals surface area (Å²) in [6.07, 6.45) is 0. The van der Waals surface area contributed by atoms with Gasteiger partial charge in [0.2, 0.25) is 0 Å². The third-order valence-corrected chi connectivity index (χ3v) is 3.62. The standard InChI is InChI=1S/C13H11N3O2S/c1-8-11(12(17)18)19-13(16-8)15-7-10-4-2-9(6-14)3-5-10/h2-5H,7H2,1H3,(H,15,16)(H,17,18). The molecule has 0 unspecified atom stereocenters. The Hall–Kier alpha value is -2.39. The van der Waals surface area contributed by atoms with E-state index in [-0.39, 0.29) is 4.88 Å². The molecular weight excluding hydrogens is 262 g/mol. The van der Waals surface area contributed by atoms with Crippen LogP contribution < -0.4 is 5.32 Å². The van der Waals surface area contributed by atoms with Gasteiger partial charge in [0, 0.05) is 6.54 Å². The molecule has 0 aliphatic rings.